The van der Waals surface area contributed by atoms with Crippen LogP contribution in [0.25, 0.3) is 0 Å². The fraction of sp³-hybridized carbons (Fsp3) is 0.529. The lowest BCUT2D eigenvalue weighted by Crippen LogP contribution is -2.30. The van der Waals surface area contributed by atoms with E-state index in [1.807, 2.05) is 12.1 Å². The highest BCUT2D eigenvalue weighted by Gasteiger charge is 2.48. The first-order valence-corrected chi connectivity index (χ1v) is 7.72. The fourth-order valence-corrected chi connectivity index (χ4v) is 3.54. The first kappa shape index (κ1) is 14.9. The smallest absolute Gasteiger partial charge is 0.233 e. The Hall–Kier alpha value is -2.04. The average Bonchev–Trinajstić information content (AvgIpc) is 2.80. The van der Waals surface area contributed by atoms with Crippen molar-refractivity contribution in [1.82, 2.24) is 4.90 Å². The van der Waals surface area contributed by atoms with Gasteiger partial charge in [0.1, 0.15) is 11.5 Å². The molecule has 1 saturated carbocycles. The van der Waals surface area contributed by atoms with Gasteiger partial charge in [-0.1, -0.05) is 12.8 Å². The van der Waals surface area contributed by atoms with Gasteiger partial charge in [0.15, 0.2) is 0 Å². The van der Waals surface area contributed by atoms with Crippen molar-refractivity contribution in [3.63, 3.8) is 0 Å². The SMILES string of the molecule is COc1ccc(CN2C(=O)C3CCCCC3C2=O)c(OC)c1. The first-order valence-electron chi connectivity index (χ1n) is 7.72. The summed E-state index contributed by atoms with van der Waals surface area (Å²) < 4.78 is 10.5. The predicted octanol–water partition coefficient (Wildman–Crippen LogP) is 2.38. The highest BCUT2D eigenvalue weighted by atomic mass is 16.5. The van der Waals surface area contributed by atoms with Crippen LogP contribution in [0.1, 0.15) is 31.2 Å². The van der Waals surface area contributed by atoms with E-state index in [9.17, 15) is 9.59 Å². The van der Waals surface area contributed by atoms with Gasteiger partial charge in [-0.2, -0.15) is 0 Å². The van der Waals surface area contributed by atoms with E-state index in [1.165, 1.54) is 4.90 Å². The van der Waals surface area contributed by atoms with E-state index in [0.717, 1.165) is 31.2 Å². The van der Waals surface area contributed by atoms with Crippen LogP contribution in [-0.4, -0.2) is 30.9 Å². The Bertz CT molecular complexity index is 574. The molecule has 2 atom stereocenters. The van der Waals surface area contributed by atoms with Crippen molar-refractivity contribution in [2.24, 2.45) is 11.8 Å². The van der Waals surface area contributed by atoms with Gasteiger partial charge in [0.05, 0.1) is 32.6 Å². The predicted molar refractivity (Wildman–Crippen MR) is 80.6 cm³/mol. The Balaban J connectivity index is 1.83. The van der Waals surface area contributed by atoms with Crippen LogP contribution >= 0.6 is 0 Å². The molecular weight excluding hydrogens is 282 g/mol. The molecule has 1 aliphatic carbocycles. The maximum atomic E-state index is 12.5. The maximum absolute atomic E-state index is 12.5. The molecule has 5 nitrogen and oxygen atoms in total. The minimum absolute atomic E-state index is 0.0208. The van der Waals surface area contributed by atoms with Crippen LogP contribution in [0.2, 0.25) is 0 Å². The number of methoxy groups -OCH3 is 2. The molecular formula is C17H21NO4. The summed E-state index contributed by atoms with van der Waals surface area (Å²) in [6.07, 6.45) is 3.76. The Morgan fingerprint density at radius 1 is 1.05 bits per heavy atom. The third-order valence-corrected chi connectivity index (χ3v) is 4.76. The second-order valence-electron chi connectivity index (χ2n) is 5.94. The molecule has 0 aromatic heterocycles. The van der Waals surface area contributed by atoms with Crippen LogP contribution in [0.4, 0.5) is 0 Å². The van der Waals surface area contributed by atoms with Crippen molar-refractivity contribution in [2.45, 2.75) is 32.2 Å². The van der Waals surface area contributed by atoms with E-state index in [-0.39, 0.29) is 30.2 Å². The van der Waals surface area contributed by atoms with Crippen LogP contribution in [-0.2, 0) is 16.1 Å². The van der Waals surface area contributed by atoms with Crippen LogP contribution < -0.4 is 9.47 Å². The number of benzene rings is 1. The van der Waals surface area contributed by atoms with E-state index < -0.39 is 0 Å². The number of hydrogen-bond acceptors (Lipinski definition) is 4. The van der Waals surface area contributed by atoms with E-state index in [4.69, 9.17) is 9.47 Å². The van der Waals surface area contributed by atoms with E-state index in [0.29, 0.717) is 11.5 Å². The molecule has 1 aromatic rings. The lowest BCUT2D eigenvalue weighted by molar-refractivity contribution is -0.140. The molecule has 1 saturated heterocycles. The summed E-state index contributed by atoms with van der Waals surface area (Å²) in [6, 6.07) is 5.43. The van der Waals surface area contributed by atoms with Crippen molar-refractivity contribution in [3.8, 4) is 11.5 Å². The second-order valence-corrected chi connectivity index (χ2v) is 5.94. The highest BCUT2D eigenvalue weighted by molar-refractivity contribution is 6.05. The third kappa shape index (κ3) is 2.45. The molecule has 2 aliphatic rings. The third-order valence-electron chi connectivity index (χ3n) is 4.76. The number of fused-ring (bicyclic) bond motifs is 1. The zero-order valence-corrected chi connectivity index (χ0v) is 13.0. The largest absolute Gasteiger partial charge is 0.497 e. The Morgan fingerprint density at radius 3 is 2.23 bits per heavy atom. The first-order chi connectivity index (χ1) is 10.7. The zero-order valence-electron chi connectivity index (χ0n) is 13.0. The molecule has 0 spiro atoms. The molecule has 3 rings (SSSR count). The zero-order chi connectivity index (χ0) is 15.7. The monoisotopic (exact) mass is 303 g/mol. The van der Waals surface area contributed by atoms with Gasteiger partial charge in [-0.15, -0.1) is 0 Å². The molecule has 118 valence electrons. The molecule has 0 radical (unpaired) electrons. The van der Waals surface area contributed by atoms with Crippen LogP contribution in [0.15, 0.2) is 18.2 Å². The molecule has 1 heterocycles. The number of carbonyl (C=O) groups excluding carboxylic acids is 2. The number of rotatable bonds is 4. The fourth-order valence-electron chi connectivity index (χ4n) is 3.54. The van der Waals surface area contributed by atoms with Gasteiger partial charge in [0, 0.05) is 11.6 Å². The van der Waals surface area contributed by atoms with Gasteiger partial charge < -0.3 is 9.47 Å². The topological polar surface area (TPSA) is 55.8 Å². The molecule has 2 fully saturated rings. The summed E-state index contributed by atoms with van der Waals surface area (Å²) in [5, 5.41) is 0. The number of carbonyl (C=O) groups is 2. The lowest BCUT2D eigenvalue weighted by Gasteiger charge is -2.19. The van der Waals surface area contributed by atoms with Crippen molar-refractivity contribution in [1.29, 1.82) is 0 Å². The molecule has 1 aliphatic heterocycles. The van der Waals surface area contributed by atoms with Gasteiger partial charge >= 0.3 is 0 Å². The van der Waals surface area contributed by atoms with Gasteiger partial charge in [-0.3, -0.25) is 14.5 Å². The number of ether oxygens (including phenoxy) is 2. The summed E-state index contributed by atoms with van der Waals surface area (Å²) in [5.41, 5.74) is 0.823. The highest BCUT2D eigenvalue weighted by Crippen LogP contribution is 2.39. The van der Waals surface area contributed by atoms with Gasteiger partial charge in [-0.05, 0) is 25.0 Å². The standard InChI is InChI=1S/C17H21NO4/c1-21-12-8-7-11(15(9-12)22-2)10-18-16(19)13-5-3-4-6-14(13)17(18)20/h7-9,13-14H,3-6,10H2,1-2H3. The molecule has 1 aromatic carbocycles. The minimum Gasteiger partial charge on any atom is -0.497 e. The van der Waals surface area contributed by atoms with Gasteiger partial charge in [-0.25, -0.2) is 0 Å². The number of likely N-dealkylation sites (tertiary alicyclic amines) is 1. The molecule has 0 bridgehead atoms. The number of nitrogens with zero attached hydrogens (tertiary/aromatic N) is 1. The van der Waals surface area contributed by atoms with Crippen molar-refractivity contribution >= 4 is 11.8 Å². The summed E-state index contributed by atoms with van der Waals surface area (Å²) in [6.45, 7) is 0.276. The molecule has 2 amide bonds. The molecule has 22 heavy (non-hydrogen) atoms. The molecule has 2 unspecified atom stereocenters. The molecule has 5 heteroatoms. The Kier molecular flexibility index (Phi) is 4.05. The van der Waals surface area contributed by atoms with Gasteiger partial charge in [0.25, 0.3) is 0 Å². The van der Waals surface area contributed by atoms with Gasteiger partial charge in [0.2, 0.25) is 11.8 Å². The Morgan fingerprint density at radius 2 is 1.68 bits per heavy atom. The normalized spacial score (nSPS) is 24.4. The maximum Gasteiger partial charge on any atom is 0.233 e. The number of amides is 2. The van der Waals surface area contributed by atoms with Crippen LogP contribution in [0, 0.1) is 11.8 Å². The van der Waals surface area contributed by atoms with E-state index in [2.05, 4.69) is 0 Å². The van der Waals surface area contributed by atoms with E-state index >= 15 is 0 Å². The Labute approximate surface area is 130 Å². The number of imide groups is 1. The number of hydrogen-bond donors (Lipinski definition) is 0. The summed E-state index contributed by atoms with van der Waals surface area (Å²) in [7, 11) is 3.17. The summed E-state index contributed by atoms with van der Waals surface area (Å²) >= 11 is 0. The van der Waals surface area contributed by atoms with Crippen molar-refractivity contribution in [2.75, 3.05) is 14.2 Å². The van der Waals surface area contributed by atoms with E-state index in [1.54, 1.807) is 20.3 Å². The minimum atomic E-state index is -0.106. The van der Waals surface area contributed by atoms with Crippen molar-refractivity contribution in [3.05, 3.63) is 23.8 Å². The summed E-state index contributed by atoms with van der Waals surface area (Å²) in [4.78, 5) is 26.4. The second kappa shape index (κ2) is 5.99. The summed E-state index contributed by atoms with van der Waals surface area (Å²) in [5.74, 6) is 1.07. The average molecular weight is 303 g/mol. The van der Waals surface area contributed by atoms with Crippen LogP contribution in [0.5, 0.6) is 11.5 Å². The lowest BCUT2D eigenvalue weighted by atomic mass is 9.81. The van der Waals surface area contributed by atoms with Crippen LogP contribution in [0.3, 0.4) is 0 Å². The quantitative estimate of drug-likeness (QED) is 0.801. The molecule has 0 N–H and O–H groups in total. The van der Waals surface area contributed by atoms with Crippen molar-refractivity contribution < 1.29 is 19.1 Å².